The number of rotatable bonds is 5. The van der Waals surface area contributed by atoms with Crippen molar-refractivity contribution in [3.05, 3.63) is 35.6 Å². The van der Waals surface area contributed by atoms with Gasteiger partial charge < -0.3 is 0 Å². The summed E-state index contributed by atoms with van der Waals surface area (Å²) in [4.78, 5) is 12.4. The Labute approximate surface area is 144 Å². The molecule has 0 unspecified atom stereocenters. The van der Waals surface area contributed by atoms with Crippen molar-refractivity contribution in [3.8, 4) is 0 Å². The lowest BCUT2D eigenvalue weighted by Gasteiger charge is -2.30. The Morgan fingerprint density at radius 3 is 2.33 bits per heavy atom. The minimum absolute atomic E-state index is 0.0261. The van der Waals surface area contributed by atoms with Gasteiger partial charge in [-0.15, -0.1) is 0 Å². The highest BCUT2D eigenvalue weighted by Gasteiger charge is 2.34. The highest BCUT2D eigenvalue weighted by molar-refractivity contribution is 7.92. The van der Waals surface area contributed by atoms with Crippen molar-refractivity contribution in [3.63, 3.8) is 0 Å². The van der Waals surface area contributed by atoms with Crippen molar-refractivity contribution in [1.82, 2.24) is 0 Å². The molecule has 1 aliphatic carbocycles. The van der Waals surface area contributed by atoms with Crippen molar-refractivity contribution in [2.45, 2.75) is 57.6 Å². The van der Waals surface area contributed by atoms with Crippen molar-refractivity contribution in [2.75, 3.05) is 5.75 Å². The van der Waals surface area contributed by atoms with Gasteiger partial charge in [-0.1, -0.05) is 12.1 Å². The van der Waals surface area contributed by atoms with Gasteiger partial charge in [0, 0.05) is 12.3 Å². The van der Waals surface area contributed by atoms with Crippen LogP contribution in [0.4, 0.5) is 4.39 Å². The molecule has 1 aromatic rings. The summed E-state index contributed by atoms with van der Waals surface area (Å²) in [7, 11) is -3.11. The van der Waals surface area contributed by atoms with Gasteiger partial charge in [-0.05, 0) is 70.1 Å². The second-order valence-electron chi connectivity index (χ2n) is 7.88. The molecule has 0 aromatic heterocycles. The standard InChI is InChI=1S/C19H27FO3S/c1-19(2,3)24(22,23)13-14-7-9-16(10-8-14)18(21)12-15-5-4-6-17(20)11-15/h4-6,11,14,16H,7-10,12-13H2,1-3H3. The molecule has 0 N–H and O–H groups in total. The zero-order valence-corrected chi connectivity index (χ0v) is 15.5. The van der Waals surface area contributed by atoms with Crippen LogP contribution in [0.25, 0.3) is 0 Å². The van der Waals surface area contributed by atoms with Crippen LogP contribution in [0.15, 0.2) is 24.3 Å². The Morgan fingerprint density at radius 2 is 1.79 bits per heavy atom. The number of carbonyl (C=O) groups excluding carboxylic acids is 1. The third-order valence-corrected chi connectivity index (χ3v) is 7.73. The van der Waals surface area contributed by atoms with Gasteiger partial charge in [-0.2, -0.15) is 0 Å². The van der Waals surface area contributed by atoms with Crippen molar-refractivity contribution < 1.29 is 17.6 Å². The molecule has 0 bridgehead atoms. The van der Waals surface area contributed by atoms with Gasteiger partial charge in [0.15, 0.2) is 9.84 Å². The number of hydrogen-bond donors (Lipinski definition) is 0. The quantitative estimate of drug-likeness (QED) is 0.804. The van der Waals surface area contributed by atoms with E-state index in [0.717, 1.165) is 25.7 Å². The molecule has 0 spiro atoms. The van der Waals surface area contributed by atoms with E-state index in [1.165, 1.54) is 12.1 Å². The van der Waals surface area contributed by atoms with Crippen molar-refractivity contribution in [1.29, 1.82) is 0 Å². The minimum Gasteiger partial charge on any atom is -0.299 e. The fourth-order valence-corrected chi connectivity index (χ4v) is 4.66. The fraction of sp³-hybridized carbons (Fsp3) is 0.632. The summed E-state index contributed by atoms with van der Waals surface area (Å²) in [6, 6.07) is 6.16. The van der Waals surface area contributed by atoms with Gasteiger partial charge in [0.1, 0.15) is 11.6 Å². The molecule has 24 heavy (non-hydrogen) atoms. The molecule has 0 radical (unpaired) electrons. The van der Waals surface area contributed by atoms with E-state index >= 15 is 0 Å². The summed E-state index contributed by atoms with van der Waals surface area (Å²) in [6.07, 6.45) is 3.27. The van der Waals surface area contributed by atoms with Crippen LogP contribution in [0.3, 0.4) is 0 Å². The lowest BCUT2D eigenvalue weighted by molar-refractivity contribution is -0.123. The van der Waals surface area contributed by atoms with E-state index in [1.807, 2.05) is 0 Å². The molecular weight excluding hydrogens is 327 g/mol. The molecule has 1 aliphatic rings. The largest absolute Gasteiger partial charge is 0.299 e. The minimum atomic E-state index is -3.11. The smallest absolute Gasteiger partial charge is 0.155 e. The van der Waals surface area contributed by atoms with Gasteiger partial charge in [0.05, 0.1) is 10.5 Å². The van der Waals surface area contributed by atoms with Crippen molar-refractivity contribution >= 4 is 15.6 Å². The molecule has 134 valence electrons. The average Bonchev–Trinajstić information content (AvgIpc) is 2.46. The van der Waals surface area contributed by atoms with Crippen LogP contribution in [-0.4, -0.2) is 24.7 Å². The van der Waals surface area contributed by atoms with Crippen LogP contribution < -0.4 is 0 Å². The number of halogens is 1. The van der Waals surface area contributed by atoms with Gasteiger partial charge in [0.25, 0.3) is 0 Å². The van der Waals surface area contributed by atoms with Gasteiger partial charge in [-0.25, -0.2) is 12.8 Å². The van der Waals surface area contributed by atoms with E-state index in [0.29, 0.717) is 5.56 Å². The third-order valence-electron chi connectivity index (χ3n) is 4.96. The fourth-order valence-electron chi connectivity index (χ4n) is 3.20. The Morgan fingerprint density at radius 1 is 1.17 bits per heavy atom. The average molecular weight is 354 g/mol. The summed E-state index contributed by atoms with van der Waals surface area (Å²) < 4.78 is 37.1. The van der Waals surface area contributed by atoms with Crippen LogP contribution in [0.2, 0.25) is 0 Å². The number of ketones is 1. The normalized spacial score (nSPS) is 22.3. The summed E-state index contributed by atoms with van der Waals surface area (Å²) in [5.74, 6) is 0.143. The summed E-state index contributed by atoms with van der Waals surface area (Å²) in [6.45, 7) is 5.20. The highest BCUT2D eigenvalue weighted by Crippen LogP contribution is 2.32. The van der Waals surface area contributed by atoms with Crippen LogP contribution in [-0.2, 0) is 21.1 Å². The molecule has 0 heterocycles. The summed E-state index contributed by atoms with van der Waals surface area (Å²) in [5.41, 5.74) is 0.706. The van der Waals surface area contributed by atoms with Crippen molar-refractivity contribution in [2.24, 2.45) is 11.8 Å². The van der Waals surface area contributed by atoms with Crippen LogP contribution in [0, 0.1) is 17.7 Å². The zero-order chi connectivity index (χ0) is 18.0. The second kappa shape index (κ2) is 7.34. The Balaban J connectivity index is 1.87. The monoisotopic (exact) mass is 354 g/mol. The van der Waals surface area contributed by atoms with E-state index in [1.54, 1.807) is 32.9 Å². The molecule has 1 aromatic carbocycles. The lowest BCUT2D eigenvalue weighted by atomic mass is 9.79. The first kappa shape index (κ1) is 19.1. The highest BCUT2D eigenvalue weighted by atomic mass is 32.2. The number of Topliss-reactive ketones (excluding diaryl/α,β-unsaturated/α-hetero) is 1. The molecule has 0 amide bonds. The van der Waals surface area contributed by atoms with E-state index in [-0.39, 0.29) is 35.6 Å². The molecule has 0 atom stereocenters. The second-order valence-corrected chi connectivity index (χ2v) is 10.7. The van der Waals surface area contributed by atoms with E-state index < -0.39 is 14.6 Å². The summed E-state index contributed by atoms with van der Waals surface area (Å²) in [5, 5.41) is 0. The zero-order valence-electron chi connectivity index (χ0n) is 14.7. The molecule has 0 aliphatic heterocycles. The topological polar surface area (TPSA) is 51.2 Å². The van der Waals surface area contributed by atoms with Crippen LogP contribution >= 0.6 is 0 Å². The Bertz CT molecular complexity index is 681. The molecule has 1 fully saturated rings. The first-order valence-electron chi connectivity index (χ1n) is 8.58. The van der Waals surface area contributed by atoms with E-state index in [2.05, 4.69) is 0 Å². The first-order chi connectivity index (χ1) is 11.1. The lowest BCUT2D eigenvalue weighted by Crippen LogP contribution is -2.35. The summed E-state index contributed by atoms with van der Waals surface area (Å²) >= 11 is 0. The van der Waals surface area contributed by atoms with E-state index in [9.17, 15) is 17.6 Å². The number of hydrogen-bond acceptors (Lipinski definition) is 3. The molecule has 5 heteroatoms. The third kappa shape index (κ3) is 4.88. The van der Waals surface area contributed by atoms with Crippen LogP contribution in [0.1, 0.15) is 52.0 Å². The van der Waals surface area contributed by atoms with Gasteiger partial charge >= 0.3 is 0 Å². The SMILES string of the molecule is CC(C)(C)S(=O)(=O)CC1CCC(C(=O)Cc2cccc(F)c2)CC1. The maximum Gasteiger partial charge on any atom is 0.155 e. The maximum absolute atomic E-state index is 13.2. The Kier molecular flexibility index (Phi) is 5.84. The first-order valence-corrected chi connectivity index (χ1v) is 10.2. The Hall–Kier alpha value is -1.23. The molecule has 0 saturated heterocycles. The number of sulfone groups is 1. The van der Waals surface area contributed by atoms with Gasteiger partial charge in [-0.3, -0.25) is 4.79 Å². The predicted molar refractivity (Wildman–Crippen MR) is 94.1 cm³/mol. The van der Waals surface area contributed by atoms with Crippen LogP contribution in [0.5, 0.6) is 0 Å². The van der Waals surface area contributed by atoms with E-state index in [4.69, 9.17) is 0 Å². The molecule has 3 nitrogen and oxygen atoms in total. The number of carbonyl (C=O) groups is 1. The maximum atomic E-state index is 13.2. The number of benzene rings is 1. The molecule has 1 saturated carbocycles. The predicted octanol–water partition coefficient (Wildman–Crippen LogP) is 3.96. The molecular formula is C19H27FO3S. The molecule has 2 rings (SSSR count). The van der Waals surface area contributed by atoms with Gasteiger partial charge in [0.2, 0.25) is 0 Å².